The molecule has 116 valence electrons. The summed E-state index contributed by atoms with van der Waals surface area (Å²) in [5, 5.41) is 3.59. The molecule has 2 aliphatic rings. The fourth-order valence-electron chi connectivity index (χ4n) is 3.24. The Morgan fingerprint density at radius 1 is 1.43 bits per heavy atom. The Bertz CT molecular complexity index is 524. The van der Waals surface area contributed by atoms with Gasteiger partial charge in [0.15, 0.2) is 0 Å². The zero-order chi connectivity index (χ0) is 15.0. The van der Waals surface area contributed by atoms with Crippen LogP contribution in [-0.4, -0.2) is 35.6 Å². The van der Waals surface area contributed by atoms with E-state index in [1.807, 2.05) is 6.92 Å². The van der Waals surface area contributed by atoms with E-state index in [-0.39, 0.29) is 12.1 Å². The quantitative estimate of drug-likeness (QED) is 0.933. The lowest BCUT2D eigenvalue weighted by Gasteiger charge is -2.35. The Balaban J connectivity index is 1.93. The first-order valence-electron chi connectivity index (χ1n) is 7.79. The van der Waals surface area contributed by atoms with Crippen LogP contribution in [0.2, 0.25) is 0 Å². The summed E-state index contributed by atoms with van der Waals surface area (Å²) in [5.41, 5.74) is -0.444. The molecule has 0 radical (unpaired) electrons. The Labute approximate surface area is 130 Å². The fourth-order valence-corrected chi connectivity index (χ4v) is 4.17. The lowest BCUT2D eigenvalue weighted by atomic mass is 9.98. The number of hydrogen-bond donors (Lipinski definition) is 1. The normalized spacial score (nSPS) is 31.1. The van der Waals surface area contributed by atoms with Gasteiger partial charge in [0.2, 0.25) is 5.91 Å². The Morgan fingerprint density at radius 3 is 2.71 bits per heavy atom. The summed E-state index contributed by atoms with van der Waals surface area (Å²) in [6.07, 6.45) is 2.71. The number of amides is 1. The first-order chi connectivity index (χ1) is 10.0. The van der Waals surface area contributed by atoms with Crippen molar-refractivity contribution in [2.24, 2.45) is 0 Å². The van der Waals surface area contributed by atoms with Gasteiger partial charge in [-0.05, 0) is 45.2 Å². The molecule has 1 amide bonds. The lowest BCUT2D eigenvalue weighted by molar-refractivity contribution is -0.137. The smallest absolute Gasteiger partial charge is 0.244 e. The van der Waals surface area contributed by atoms with Crippen LogP contribution < -0.4 is 5.32 Å². The summed E-state index contributed by atoms with van der Waals surface area (Å²) >= 11 is 1.78. The third kappa shape index (κ3) is 2.62. The van der Waals surface area contributed by atoms with Crippen LogP contribution in [0.1, 0.15) is 49.0 Å². The van der Waals surface area contributed by atoms with Gasteiger partial charge in [-0.2, -0.15) is 0 Å². The Morgan fingerprint density at radius 2 is 2.14 bits per heavy atom. The van der Waals surface area contributed by atoms with Crippen molar-refractivity contribution in [2.45, 2.75) is 57.8 Å². The minimum atomic E-state index is -0.444. The lowest BCUT2D eigenvalue weighted by Crippen LogP contribution is -2.46. The number of rotatable bonds is 3. The fraction of sp³-hybridized carbons (Fsp3) is 0.688. The van der Waals surface area contributed by atoms with Gasteiger partial charge in [0, 0.05) is 29.0 Å². The van der Waals surface area contributed by atoms with Gasteiger partial charge < -0.3 is 9.64 Å². The summed E-state index contributed by atoms with van der Waals surface area (Å²) in [4.78, 5) is 17.6. The molecule has 0 aliphatic carbocycles. The minimum Gasteiger partial charge on any atom is -0.381 e. The van der Waals surface area contributed by atoms with Crippen molar-refractivity contribution in [3.63, 3.8) is 0 Å². The van der Waals surface area contributed by atoms with E-state index >= 15 is 0 Å². The highest BCUT2D eigenvalue weighted by molar-refractivity contribution is 7.12. The van der Waals surface area contributed by atoms with Crippen molar-refractivity contribution >= 4 is 17.2 Å². The number of thiophene rings is 1. The third-order valence-electron chi connectivity index (χ3n) is 4.76. The summed E-state index contributed by atoms with van der Waals surface area (Å²) in [7, 11) is 0. The second-order valence-electron chi connectivity index (χ2n) is 6.24. The van der Waals surface area contributed by atoms with E-state index in [2.05, 4.69) is 36.2 Å². The molecule has 0 spiro atoms. The van der Waals surface area contributed by atoms with Gasteiger partial charge in [0.25, 0.3) is 0 Å². The number of nitrogens with one attached hydrogen (secondary N) is 1. The van der Waals surface area contributed by atoms with E-state index in [1.165, 1.54) is 9.75 Å². The number of nitrogens with zero attached hydrogens (tertiary/aromatic N) is 1. The zero-order valence-corrected chi connectivity index (χ0v) is 13.8. The molecule has 5 heteroatoms. The molecule has 1 aromatic rings. The molecule has 1 aromatic heterocycles. The molecule has 3 rings (SSSR count). The van der Waals surface area contributed by atoms with Gasteiger partial charge in [-0.1, -0.05) is 6.92 Å². The van der Waals surface area contributed by atoms with Crippen LogP contribution in [0.15, 0.2) is 12.1 Å². The Hall–Kier alpha value is -0.910. The molecule has 3 heterocycles. The van der Waals surface area contributed by atoms with E-state index in [0.29, 0.717) is 6.04 Å². The molecule has 2 saturated heterocycles. The molecule has 0 saturated carbocycles. The van der Waals surface area contributed by atoms with Crippen LogP contribution in [0.3, 0.4) is 0 Å². The van der Waals surface area contributed by atoms with Gasteiger partial charge in [-0.15, -0.1) is 11.3 Å². The second-order valence-corrected chi connectivity index (χ2v) is 7.56. The van der Waals surface area contributed by atoms with Crippen LogP contribution in [0.5, 0.6) is 0 Å². The maximum absolute atomic E-state index is 13.0. The topological polar surface area (TPSA) is 41.6 Å². The summed E-state index contributed by atoms with van der Waals surface area (Å²) < 4.78 is 5.46. The van der Waals surface area contributed by atoms with Gasteiger partial charge in [-0.25, -0.2) is 0 Å². The minimum absolute atomic E-state index is 0.0178. The number of ether oxygens (including phenoxy) is 1. The van der Waals surface area contributed by atoms with Crippen LogP contribution in [0.25, 0.3) is 0 Å². The summed E-state index contributed by atoms with van der Waals surface area (Å²) in [6, 6.07) is 4.58. The van der Waals surface area contributed by atoms with E-state index < -0.39 is 5.54 Å². The highest BCUT2D eigenvalue weighted by Gasteiger charge is 2.50. The molecule has 1 N–H and O–H groups in total. The molecular weight excluding hydrogens is 284 g/mol. The average Bonchev–Trinajstić information content (AvgIpc) is 3.03. The van der Waals surface area contributed by atoms with Crippen molar-refractivity contribution in [1.82, 2.24) is 10.2 Å². The first kappa shape index (κ1) is 15.0. The predicted molar refractivity (Wildman–Crippen MR) is 84.3 cm³/mol. The second kappa shape index (κ2) is 5.71. The van der Waals surface area contributed by atoms with Crippen LogP contribution in [0, 0.1) is 6.92 Å². The van der Waals surface area contributed by atoms with Gasteiger partial charge in [0.05, 0.1) is 5.54 Å². The van der Waals surface area contributed by atoms with Gasteiger partial charge in [-0.3, -0.25) is 10.1 Å². The molecule has 4 nitrogen and oxygen atoms in total. The maximum atomic E-state index is 13.0. The molecule has 2 unspecified atom stereocenters. The summed E-state index contributed by atoms with van der Waals surface area (Å²) in [6.45, 7) is 7.74. The van der Waals surface area contributed by atoms with Crippen molar-refractivity contribution in [3.05, 3.63) is 21.9 Å². The molecule has 21 heavy (non-hydrogen) atoms. The number of aryl methyl sites for hydroxylation is 1. The van der Waals surface area contributed by atoms with Crippen molar-refractivity contribution < 1.29 is 9.53 Å². The van der Waals surface area contributed by atoms with Crippen molar-refractivity contribution in [1.29, 1.82) is 0 Å². The largest absolute Gasteiger partial charge is 0.381 e. The molecule has 2 aliphatic heterocycles. The van der Waals surface area contributed by atoms with E-state index in [4.69, 9.17) is 4.74 Å². The molecule has 2 atom stereocenters. The van der Waals surface area contributed by atoms with E-state index in [9.17, 15) is 4.79 Å². The van der Waals surface area contributed by atoms with Gasteiger partial charge >= 0.3 is 0 Å². The highest BCUT2D eigenvalue weighted by atomic mass is 32.1. The first-order valence-corrected chi connectivity index (χ1v) is 8.61. The Kier molecular flexibility index (Phi) is 4.08. The standard InChI is InChI=1S/C16H24N2O2S/c1-4-16(3)15(19)18(12-7-9-20-10-8-12)14(17-16)13-6-5-11(2)21-13/h5-6,12,14,17H,4,7-10H2,1-3H3. The molecule has 0 aromatic carbocycles. The van der Waals surface area contributed by atoms with Crippen LogP contribution >= 0.6 is 11.3 Å². The van der Waals surface area contributed by atoms with Gasteiger partial charge in [0.1, 0.15) is 6.17 Å². The zero-order valence-electron chi connectivity index (χ0n) is 13.0. The predicted octanol–water partition coefficient (Wildman–Crippen LogP) is 2.83. The molecule has 0 bridgehead atoms. The molecular formula is C16H24N2O2S. The number of hydrogen-bond acceptors (Lipinski definition) is 4. The molecule has 2 fully saturated rings. The number of carbonyl (C=O) groups is 1. The van der Waals surface area contributed by atoms with Crippen molar-refractivity contribution in [2.75, 3.05) is 13.2 Å². The number of carbonyl (C=O) groups excluding carboxylic acids is 1. The maximum Gasteiger partial charge on any atom is 0.244 e. The highest BCUT2D eigenvalue weighted by Crippen LogP contribution is 2.38. The van der Waals surface area contributed by atoms with Crippen LogP contribution in [0.4, 0.5) is 0 Å². The average molecular weight is 308 g/mol. The SMILES string of the molecule is CCC1(C)NC(c2ccc(C)s2)N(C2CCOCC2)C1=O. The monoisotopic (exact) mass is 308 g/mol. The van der Waals surface area contributed by atoms with E-state index in [0.717, 1.165) is 32.5 Å². The van der Waals surface area contributed by atoms with Crippen molar-refractivity contribution in [3.8, 4) is 0 Å². The summed E-state index contributed by atoms with van der Waals surface area (Å²) in [5.74, 6) is 0.243. The van der Waals surface area contributed by atoms with E-state index in [1.54, 1.807) is 11.3 Å². The van der Waals surface area contributed by atoms with Crippen LogP contribution in [-0.2, 0) is 9.53 Å². The third-order valence-corrected chi connectivity index (χ3v) is 5.82.